The van der Waals surface area contributed by atoms with Crippen LogP contribution in [0.1, 0.15) is 20.8 Å². The molecule has 0 aliphatic rings. The van der Waals surface area contributed by atoms with Gasteiger partial charge in [-0.1, -0.05) is 12.1 Å². The van der Waals surface area contributed by atoms with Crippen molar-refractivity contribution in [1.29, 1.82) is 0 Å². The quantitative estimate of drug-likeness (QED) is 0.808. The van der Waals surface area contributed by atoms with Gasteiger partial charge in [-0.3, -0.25) is 5.32 Å². The maximum atomic E-state index is 11.8. The molecule has 0 atom stereocenters. The van der Waals surface area contributed by atoms with Crippen molar-refractivity contribution in [2.45, 2.75) is 26.4 Å². The van der Waals surface area contributed by atoms with Gasteiger partial charge < -0.3 is 10.5 Å². The first-order valence-electron chi connectivity index (χ1n) is 6.28. The molecular formula is C15H18N2O2S. The molecule has 0 aliphatic heterocycles. The zero-order valence-electron chi connectivity index (χ0n) is 11.8. The number of nitrogens with one attached hydrogen (secondary N) is 1. The van der Waals surface area contributed by atoms with Crippen molar-refractivity contribution in [2.24, 2.45) is 0 Å². The normalized spacial score (nSPS) is 11.2. The van der Waals surface area contributed by atoms with Crippen molar-refractivity contribution in [1.82, 2.24) is 0 Å². The van der Waals surface area contributed by atoms with Crippen LogP contribution < -0.4 is 11.1 Å². The molecule has 0 spiro atoms. The van der Waals surface area contributed by atoms with Gasteiger partial charge in [-0.25, -0.2) is 4.79 Å². The minimum absolute atomic E-state index is 0.507. The molecule has 0 bridgehead atoms. The molecule has 4 nitrogen and oxygen atoms in total. The fourth-order valence-corrected chi connectivity index (χ4v) is 2.40. The average molecular weight is 290 g/mol. The lowest BCUT2D eigenvalue weighted by Gasteiger charge is -2.20. The van der Waals surface area contributed by atoms with Gasteiger partial charge in [0.25, 0.3) is 0 Å². The van der Waals surface area contributed by atoms with E-state index in [1.165, 1.54) is 0 Å². The van der Waals surface area contributed by atoms with E-state index in [4.69, 9.17) is 10.5 Å². The standard InChI is InChI=1S/C15H18N2O2S/c1-15(2,3)19-14(18)17-12-9-10(6-7-11(12)16)13-5-4-8-20-13/h4-9H,16H2,1-3H3,(H,17,18). The van der Waals surface area contributed by atoms with Crippen LogP contribution in [0.4, 0.5) is 16.2 Å². The Morgan fingerprint density at radius 1 is 1.30 bits per heavy atom. The molecule has 0 saturated heterocycles. The van der Waals surface area contributed by atoms with Crippen molar-refractivity contribution in [3.63, 3.8) is 0 Å². The molecule has 5 heteroatoms. The predicted octanol–water partition coefficient (Wildman–Crippen LogP) is 4.34. The van der Waals surface area contributed by atoms with E-state index in [0.29, 0.717) is 11.4 Å². The lowest BCUT2D eigenvalue weighted by molar-refractivity contribution is 0.0636. The van der Waals surface area contributed by atoms with Gasteiger partial charge in [0.05, 0.1) is 11.4 Å². The Morgan fingerprint density at radius 3 is 2.65 bits per heavy atom. The van der Waals surface area contributed by atoms with E-state index < -0.39 is 11.7 Å². The summed E-state index contributed by atoms with van der Waals surface area (Å²) >= 11 is 1.63. The first-order chi connectivity index (χ1) is 9.35. The van der Waals surface area contributed by atoms with Gasteiger partial charge in [0.1, 0.15) is 5.60 Å². The summed E-state index contributed by atoms with van der Waals surface area (Å²) in [5.41, 5.74) is 7.44. The van der Waals surface area contributed by atoms with Crippen LogP contribution in [-0.4, -0.2) is 11.7 Å². The molecule has 2 rings (SSSR count). The Kier molecular flexibility index (Phi) is 3.99. The first kappa shape index (κ1) is 14.4. The summed E-state index contributed by atoms with van der Waals surface area (Å²) in [6.07, 6.45) is -0.507. The number of ether oxygens (including phenoxy) is 1. The van der Waals surface area contributed by atoms with E-state index in [1.54, 1.807) is 17.4 Å². The van der Waals surface area contributed by atoms with Gasteiger partial charge in [0.15, 0.2) is 0 Å². The van der Waals surface area contributed by atoms with Crippen molar-refractivity contribution in [2.75, 3.05) is 11.1 Å². The fourth-order valence-electron chi connectivity index (χ4n) is 1.67. The van der Waals surface area contributed by atoms with E-state index in [0.717, 1.165) is 10.4 Å². The minimum Gasteiger partial charge on any atom is -0.444 e. The summed E-state index contributed by atoms with van der Waals surface area (Å²) in [7, 11) is 0. The number of nitrogen functional groups attached to an aromatic ring is 1. The highest BCUT2D eigenvalue weighted by Gasteiger charge is 2.17. The highest BCUT2D eigenvalue weighted by molar-refractivity contribution is 7.13. The third-order valence-electron chi connectivity index (χ3n) is 2.49. The Balaban J connectivity index is 2.19. The zero-order valence-corrected chi connectivity index (χ0v) is 12.6. The van der Waals surface area contributed by atoms with Crippen LogP contribution >= 0.6 is 11.3 Å². The molecule has 1 aromatic heterocycles. The Bertz CT molecular complexity index is 601. The highest BCUT2D eigenvalue weighted by atomic mass is 32.1. The highest BCUT2D eigenvalue weighted by Crippen LogP contribution is 2.30. The van der Waals surface area contributed by atoms with Gasteiger partial charge in [-0.05, 0) is 49.9 Å². The molecular weight excluding hydrogens is 272 g/mol. The molecule has 0 unspecified atom stereocenters. The van der Waals surface area contributed by atoms with Crippen molar-refractivity contribution >= 4 is 28.8 Å². The number of nitrogens with two attached hydrogens (primary N) is 1. The number of thiophene rings is 1. The molecule has 0 saturated carbocycles. The van der Waals surface area contributed by atoms with Gasteiger partial charge in [0, 0.05) is 4.88 Å². The number of carbonyl (C=O) groups excluding carboxylic acids is 1. The van der Waals surface area contributed by atoms with E-state index in [1.807, 2.05) is 50.4 Å². The van der Waals surface area contributed by atoms with E-state index in [2.05, 4.69) is 5.32 Å². The van der Waals surface area contributed by atoms with Crippen LogP contribution in [0.2, 0.25) is 0 Å². The molecule has 1 aromatic carbocycles. The van der Waals surface area contributed by atoms with E-state index in [-0.39, 0.29) is 0 Å². The van der Waals surface area contributed by atoms with Crippen LogP contribution in [-0.2, 0) is 4.74 Å². The molecule has 0 aliphatic carbocycles. The number of amides is 1. The Morgan fingerprint density at radius 2 is 2.05 bits per heavy atom. The van der Waals surface area contributed by atoms with Gasteiger partial charge in [-0.2, -0.15) is 0 Å². The second kappa shape index (κ2) is 5.54. The van der Waals surface area contributed by atoms with Gasteiger partial charge in [0.2, 0.25) is 0 Å². The first-order valence-corrected chi connectivity index (χ1v) is 7.16. The Hall–Kier alpha value is -2.01. The molecule has 0 fully saturated rings. The van der Waals surface area contributed by atoms with E-state index >= 15 is 0 Å². The fraction of sp³-hybridized carbons (Fsp3) is 0.267. The smallest absolute Gasteiger partial charge is 0.412 e. The summed E-state index contributed by atoms with van der Waals surface area (Å²) in [6, 6.07) is 9.57. The summed E-state index contributed by atoms with van der Waals surface area (Å²) in [5, 5.41) is 4.69. The SMILES string of the molecule is CC(C)(C)OC(=O)Nc1cc(-c2cccs2)ccc1N. The number of hydrogen-bond donors (Lipinski definition) is 2. The van der Waals surface area contributed by atoms with Crippen LogP contribution in [0.5, 0.6) is 0 Å². The van der Waals surface area contributed by atoms with Crippen molar-refractivity contribution in [3.8, 4) is 10.4 Å². The number of anilines is 2. The van der Waals surface area contributed by atoms with Crippen molar-refractivity contribution < 1.29 is 9.53 Å². The molecule has 106 valence electrons. The number of benzene rings is 1. The number of carbonyl (C=O) groups is 1. The summed E-state index contributed by atoms with van der Waals surface area (Å²) in [4.78, 5) is 12.9. The van der Waals surface area contributed by atoms with Crippen LogP contribution in [0.15, 0.2) is 35.7 Å². The second-order valence-electron chi connectivity index (χ2n) is 5.41. The molecule has 0 radical (unpaired) electrons. The van der Waals surface area contributed by atoms with Crippen molar-refractivity contribution in [3.05, 3.63) is 35.7 Å². The minimum atomic E-state index is -0.537. The molecule has 3 N–H and O–H groups in total. The van der Waals surface area contributed by atoms with Gasteiger partial charge in [-0.15, -0.1) is 11.3 Å². The zero-order chi connectivity index (χ0) is 14.8. The molecule has 1 amide bonds. The van der Waals surface area contributed by atoms with E-state index in [9.17, 15) is 4.79 Å². The largest absolute Gasteiger partial charge is 0.444 e. The third-order valence-corrected chi connectivity index (χ3v) is 3.41. The Labute approximate surface area is 122 Å². The third kappa shape index (κ3) is 3.74. The molecule has 1 heterocycles. The second-order valence-corrected chi connectivity index (χ2v) is 6.35. The predicted molar refractivity (Wildman–Crippen MR) is 84.0 cm³/mol. The molecule has 20 heavy (non-hydrogen) atoms. The summed E-state index contributed by atoms with van der Waals surface area (Å²) < 4.78 is 5.22. The topological polar surface area (TPSA) is 64.3 Å². The average Bonchev–Trinajstić information content (AvgIpc) is 2.83. The van der Waals surface area contributed by atoms with Gasteiger partial charge >= 0.3 is 6.09 Å². The maximum absolute atomic E-state index is 11.8. The maximum Gasteiger partial charge on any atom is 0.412 e. The lowest BCUT2D eigenvalue weighted by Crippen LogP contribution is -2.27. The monoisotopic (exact) mass is 290 g/mol. The summed E-state index contributed by atoms with van der Waals surface area (Å²) in [5.74, 6) is 0. The van der Waals surface area contributed by atoms with Crippen LogP contribution in [0, 0.1) is 0 Å². The summed E-state index contributed by atoms with van der Waals surface area (Å²) in [6.45, 7) is 5.45. The van der Waals surface area contributed by atoms with Crippen LogP contribution in [0.3, 0.4) is 0 Å². The number of hydrogen-bond acceptors (Lipinski definition) is 4. The lowest BCUT2D eigenvalue weighted by atomic mass is 10.1. The molecule has 2 aromatic rings. The number of rotatable bonds is 2. The van der Waals surface area contributed by atoms with Crippen LogP contribution in [0.25, 0.3) is 10.4 Å².